The molecule has 1 unspecified atom stereocenters. The second-order valence-corrected chi connectivity index (χ2v) is 3.94. The Balaban J connectivity index is 2.27. The van der Waals surface area contributed by atoms with Crippen molar-refractivity contribution < 1.29 is 4.74 Å². The van der Waals surface area contributed by atoms with Crippen LogP contribution in [0.1, 0.15) is 12.5 Å². The van der Waals surface area contributed by atoms with E-state index in [0.717, 1.165) is 6.54 Å². The molecule has 0 amide bonds. The van der Waals surface area contributed by atoms with Crippen molar-refractivity contribution in [2.45, 2.75) is 12.3 Å². The van der Waals surface area contributed by atoms with Gasteiger partial charge < -0.3 is 10.1 Å². The third-order valence-corrected chi connectivity index (χ3v) is 2.77. The predicted octanol–water partition coefficient (Wildman–Crippen LogP) is 2.53. The van der Waals surface area contributed by atoms with E-state index in [4.69, 9.17) is 4.74 Å². The summed E-state index contributed by atoms with van der Waals surface area (Å²) in [4.78, 5) is 0. The highest BCUT2D eigenvalue weighted by molar-refractivity contribution is 5.60. The fourth-order valence-corrected chi connectivity index (χ4v) is 1.92. The summed E-state index contributed by atoms with van der Waals surface area (Å²) in [5.74, 6) is 0. The second-order valence-electron chi connectivity index (χ2n) is 3.94. The van der Waals surface area contributed by atoms with Gasteiger partial charge in [-0.3, -0.25) is 0 Å². The monoisotopic (exact) mass is 189 g/mol. The maximum atomic E-state index is 5.30. The molecule has 1 aromatic rings. The lowest BCUT2D eigenvalue weighted by atomic mass is 9.85. The molecular weight excluding hydrogens is 174 g/mol. The Hall–Kier alpha value is -1.44. The van der Waals surface area contributed by atoms with Crippen LogP contribution in [0.25, 0.3) is 0 Å². The zero-order valence-electron chi connectivity index (χ0n) is 8.42. The molecule has 1 aliphatic rings. The van der Waals surface area contributed by atoms with Gasteiger partial charge in [0.2, 0.25) is 0 Å². The topological polar surface area (TPSA) is 21.3 Å². The molecule has 0 saturated carbocycles. The molecule has 2 rings (SSSR count). The highest BCUT2D eigenvalue weighted by Crippen LogP contribution is 2.36. The van der Waals surface area contributed by atoms with E-state index < -0.39 is 0 Å². The number of rotatable bonds is 3. The van der Waals surface area contributed by atoms with E-state index in [1.54, 1.807) is 0 Å². The van der Waals surface area contributed by atoms with Gasteiger partial charge >= 0.3 is 0 Å². The third-order valence-electron chi connectivity index (χ3n) is 2.77. The summed E-state index contributed by atoms with van der Waals surface area (Å²) in [7, 11) is 0. The van der Waals surface area contributed by atoms with Crippen LogP contribution < -0.4 is 5.32 Å². The highest BCUT2D eigenvalue weighted by Gasteiger charge is 2.34. The molecule has 14 heavy (non-hydrogen) atoms. The Labute approximate surface area is 84.6 Å². The van der Waals surface area contributed by atoms with Crippen LogP contribution in [0, 0.1) is 0 Å². The molecule has 0 aliphatic carbocycles. The molecule has 0 bridgehead atoms. The summed E-state index contributed by atoms with van der Waals surface area (Å²) in [5.41, 5.74) is 2.63. The first kappa shape index (κ1) is 9.13. The van der Waals surface area contributed by atoms with Gasteiger partial charge in [-0.25, -0.2) is 0 Å². The molecule has 74 valence electrons. The Morgan fingerprint density at radius 1 is 1.57 bits per heavy atom. The number of nitrogens with one attached hydrogen (secondary N) is 1. The van der Waals surface area contributed by atoms with Crippen molar-refractivity contribution in [2.24, 2.45) is 0 Å². The second kappa shape index (κ2) is 3.37. The first-order chi connectivity index (χ1) is 6.76. The van der Waals surface area contributed by atoms with Gasteiger partial charge in [0, 0.05) is 17.6 Å². The number of benzene rings is 1. The zero-order valence-corrected chi connectivity index (χ0v) is 8.42. The molecule has 0 aromatic heterocycles. The van der Waals surface area contributed by atoms with Gasteiger partial charge in [0.25, 0.3) is 0 Å². The average molecular weight is 189 g/mol. The Morgan fingerprint density at radius 2 is 2.36 bits per heavy atom. The van der Waals surface area contributed by atoms with Crippen molar-refractivity contribution >= 4 is 5.69 Å². The van der Waals surface area contributed by atoms with Crippen LogP contribution in [0.3, 0.4) is 0 Å². The van der Waals surface area contributed by atoms with Gasteiger partial charge in [0.1, 0.15) is 0 Å². The van der Waals surface area contributed by atoms with Gasteiger partial charge in [-0.15, -0.1) is 0 Å². The number of anilines is 1. The van der Waals surface area contributed by atoms with Gasteiger partial charge in [0.05, 0.1) is 12.9 Å². The van der Waals surface area contributed by atoms with Crippen molar-refractivity contribution in [3.63, 3.8) is 0 Å². The van der Waals surface area contributed by atoms with Crippen LogP contribution in [0.2, 0.25) is 0 Å². The van der Waals surface area contributed by atoms with Gasteiger partial charge in [0.15, 0.2) is 0 Å². The fourth-order valence-electron chi connectivity index (χ4n) is 1.92. The van der Waals surface area contributed by atoms with Crippen LogP contribution in [0.5, 0.6) is 0 Å². The summed E-state index contributed by atoms with van der Waals surface area (Å²) in [6.45, 7) is 7.38. The number of hydrogen-bond donors (Lipinski definition) is 1. The molecule has 1 aliphatic heterocycles. The summed E-state index contributed by atoms with van der Waals surface area (Å²) in [6.07, 6.45) is 1.51. The summed E-state index contributed by atoms with van der Waals surface area (Å²) >= 11 is 0. The van der Waals surface area contributed by atoms with Gasteiger partial charge in [-0.2, -0.15) is 0 Å². The van der Waals surface area contributed by atoms with Crippen molar-refractivity contribution in [3.8, 4) is 0 Å². The van der Waals surface area contributed by atoms with Crippen LogP contribution >= 0.6 is 0 Å². The van der Waals surface area contributed by atoms with E-state index in [1.807, 2.05) is 6.07 Å². The molecule has 2 heteroatoms. The maximum Gasteiger partial charge on any atom is 0.0984 e. The first-order valence-corrected chi connectivity index (χ1v) is 4.82. The van der Waals surface area contributed by atoms with Gasteiger partial charge in [-0.05, 0) is 11.6 Å². The lowest BCUT2D eigenvalue weighted by molar-refractivity contribution is 0.188. The van der Waals surface area contributed by atoms with E-state index in [9.17, 15) is 0 Å². The molecule has 2 nitrogen and oxygen atoms in total. The number of ether oxygens (including phenoxy) is 1. The minimum Gasteiger partial charge on any atom is -0.501 e. The fraction of sp³-hybridized carbons (Fsp3) is 0.333. The SMILES string of the molecule is C=COCC1(C)CNc2ccccc21. The molecule has 0 radical (unpaired) electrons. The minimum absolute atomic E-state index is 0.0742. The van der Waals surface area contributed by atoms with Crippen LogP contribution in [0.4, 0.5) is 5.69 Å². The molecule has 1 atom stereocenters. The van der Waals surface area contributed by atoms with E-state index in [-0.39, 0.29) is 5.41 Å². The van der Waals surface area contributed by atoms with E-state index in [1.165, 1.54) is 17.5 Å². The van der Waals surface area contributed by atoms with Crippen molar-refractivity contribution in [1.82, 2.24) is 0 Å². The zero-order chi connectivity index (χ0) is 10.0. The molecule has 1 heterocycles. The van der Waals surface area contributed by atoms with Crippen molar-refractivity contribution in [2.75, 3.05) is 18.5 Å². The maximum absolute atomic E-state index is 5.30. The Kier molecular flexibility index (Phi) is 2.20. The van der Waals surface area contributed by atoms with E-state index >= 15 is 0 Å². The Bertz CT molecular complexity index is 348. The molecule has 1 aromatic carbocycles. The quantitative estimate of drug-likeness (QED) is 0.738. The lowest BCUT2D eigenvalue weighted by Crippen LogP contribution is -2.29. The largest absolute Gasteiger partial charge is 0.501 e. The average Bonchev–Trinajstić information content (AvgIpc) is 2.55. The van der Waals surface area contributed by atoms with E-state index in [2.05, 4.69) is 37.0 Å². The normalized spacial score (nSPS) is 23.8. The van der Waals surface area contributed by atoms with Crippen LogP contribution in [-0.4, -0.2) is 13.2 Å². The van der Waals surface area contributed by atoms with Crippen molar-refractivity contribution in [3.05, 3.63) is 42.7 Å². The smallest absolute Gasteiger partial charge is 0.0984 e. The van der Waals surface area contributed by atoms with Gasteiger partial charge in [-0.1, -0.05) is 31.7 Å². The highest BCUT2D eigenvalue weighted by atomic mass is 16.5. The Morgan fingerprint density at radius 3 is 3.14 bits per heavy atom. The summed E-state index contributed by atoms with van der Waals surface area (Å²) in [6, 6.07) is 8.38. The predicted molar refractivity (Wildman–Crippen MR) is 58.4 cm³/mol. The third kappa shape index (κ3) is 1.37. The van der Waals surface area contributed by atoms with E-state index in [0.29, 0.717) is 6.61 Å². The number of para-hydroxylation sites is 1. The first-order valence-electron chi connectivity index (χ1n) is 4.82. The molecule has 0 saturated heterocycles. The molecule has 0 spiro atoms. The number of fused-ring (bicyclic) bond motifs is 1. The van der Waals surface area contributed by atoms with Crippen molar-refractivity contribution in [1.29, 1.82) is 0 Å². The van der Waals surface area contributed by atoms with Crippen LogP contribution in [0.15, 0.2) is 37.1 Å². The molecule has 1 N–H and O–H groups in total. The standard InChI is InChI=1S/C12H15NO/c1-3-14-9-12(2)8-13-11-7-5-4-6-10(11)12/h3-7,13H,1,8-9H2,2H3. The number of hydrogen-bond acceptors (Lipinski definition) is 2. The molecular formula is C12H15NO. The minimum atomic E-state index is 0.0742. The summed E-state index contributed by atoms with van der Waals surface area (Å²) in [5, 5.41) is 3.39. The summed E-state index contributed by atoms with van der Waals surface area (Å²) < 4.78 is 5.30. The lowest BCUT2D eigenvalue weighted by Gasteiger charge is -2.22. The molecule has 0 fully saturated rings. The van der Waals surface area contributed by atoms with Crippen LogP contribution in [-0.2, 0) is 10.2 Å².